The minimum atomic E-state index is -3.64. The van der Waals surface area contributed by atoms with Crippen LogP contribution in [0.2, 0.25) is 5.02 Å². The molecular weight excluding hydrogens is 417 g/mol. The Morgan fingerprint density at radius 2 is 1.76 bits per heavy atom. The highest BCUT2D eigenvalue weighted by molar-refractivity contribution is 7.89. The van der Waals surface area contributed by atoms with E-state index in [1.807, 2.05) is 0 Å². The summed E-state index contributed by atoms with van der Waals surface area (Å²) in [6, 6.07) is 9.27. The zero-order valence-corrected chi connectivity index (χ0v) is 17.6. The molecule has 0 aromatic heterocycles. The number of carbonyl (C=O) groups is 1. The molecule has 2 aromatic rings. The first-order valence-electron chi connectivity index (χ1n) is 9.40. The molecule has 6 nitrogen and oxygen atoms in total. The molecule has 0 aliphatic carbocycles. The second kappa shape index (κ2) is 9.11. The quantitative estimate of drug-likeness (QED) is 0.710. The van der Waals surface area contributed by atoms with E-state index in [1.165, 1.54) is 46.8 Å². The molecule has 2 N–H and O–H groups in total. The number of halogens is 2. The first-order chi connectivity index (χ1) is 13.8. The molecule has 29 heavy (non-hydrogen) atoms. The lowest BCUT2D eigenvalue weighted by Crippen LogP contribution is -2.35. The second-order valence-electron chi connectivity index (χ2n) is 6.97. The van der Waals surface area contributed by atoms with Crippen LogP contribution in [-0.2, 0) is 14.8 Å². The Hall–Kier alpha value is -2.16. The third kappa shape index (κ3) is 5.26. The van der Waals surface area contributed by atoms with Crippen molar-refractivity contribution < 1.29 is 17.6 Å². The largest absolute Gasteiger partial charge is 0.374 e. The highest BCUT2D eigenvalue weighted by Gasteiger charge is 2.27. The van der Waals surface area contributed by atoms with Gasteiger partial charge in [-0.3, -0.25) is 4.79 Å². The fourth-order valence-electron chi connectivity index (χ4n) is 3.12. The molecule has 1 saturated heterocycles. The van der Waals surface area contributed by atoms with Gasteiger partial charge in [0.15, 0.2) is 0 Å². The van der Waals surface area contributed by atoms with Crippen molar-refractivity contribution >= 4 is 38.9 Å². The molecule has 1 atom stereocenters. The number of hydrogen-bond donors (Lipinski definition) is 2. The minimum Gasteiger partial charge on any atom is -0.374 e. The maximum absolute atomic E-state index is 13.0. The van der Waals surface area contributed by atoms with Gasteiger partial charge in [0, 0.05) is 18.8 Å². The average Bonchev–Trinajstić information content (AvgIpc) is 2.71. The molecular formula is C20H23ClFN3O3S. The van der Waals surface area contributed by atoms with Crippen LogP contribution in [0, 0.1) is 5.82 Å². The van der Waals surface area contributed by atoms with Crippen LogP contribution in [0.5, 0.6) is 0 Å². The van der Waals surface area contributed by atoms with Gasteiger partial charge < -0.3 is 10.6 Å². The number of nitrogens with zero attached hydrogens (tertiary/aromatic N) is 1. The number of hydrogen-bond acceptors (Lipinski definition) is 4. The summed E-state index contributed by atoms with van der Waals surface area (Å²) in [5, 5.41) is 5.86. The van der Waals surface area contributed by atoms with Crippen molar-refractivity contribution in [2.45, 2.75) is 37.1 Å². The third-order valence-electron chi connectivity index (χ3n) is 4.77. The summed E-state index contributed by atoms with van der Waals surface area (Å²) in [5.41, 5.74) is 0.809. The van der Waals surface area contributed by atoms with Crippen LogP contribution in [0.1, 0.15) is 26.2 Å². The number of carbonyl (C=O) groups excluding carboxylic acids is 1. The van der Waals surface area contributed by atoms with Gasteiger partial charge in [0.25, 0.3) is 0 Å². The summed E-state index contributed by atoms with van der Waals surface area (Å²) in [6.45, 7) is 2.62. The van der Waals surface area contributed by atoms with Gasteiger partial charge in [-0.05, 0) is 62.2 Å². The van der Waals surface area contributed by atoms with E-state index in [1.54, 1.807) is 6.92 Å². The zero-order valence-electron chi connectivity index (χ0n) is 16.0. The van der Waals surface area contributed by atoms with Gasteiger partial charge in [0.2, 0.25) is 15.9 Å². The van der Waals surface area contributed by atoms with Crippen molar-refractivity contribution in [1.82, 2.24) is 4.31 Å². The standard InChI is InChI=1S/C20H23ClFN3O3S/c1-14(23-16-7-5-15(22)6-8-16)20(26)24-19-13-17(9-10-18(19)21)29(27,28)25-11-3-2-4-12-25/h5-10,13-14,23H,2-4,11-12H2,1H3,(H,24,26)/t14-/m0/s1. The van der Waals surface area contributed by atoms with Crippen molar-refractivity contribution in [2.24, 2.45) is 0 Å². The lowest BCUT2D eigenvalue weighted by atomic mass is 10.2. The fraction of sp³-hybridized carbons (Fsp3) is 0.350. The molecule has 3 rings (SSSR count). The molecule has 0 spiro atoms. The van der Waals surface area contributed by atoms with Crippen LogP contribution in [0.15, 0.2) is 47.4 Å². The van der Waals surface area contributed by atoms with Crippen molar-refractivity contribution in [1.29, 1.82) is 0 Å². The van der Waals surface area contributed by atoms with Crippen LogP contribution in [0.3, 0.4) is 0 Å². The smallest absolute Gasteiger partial charge is 0.246 e. The molecule has 1 heterocycles. The molecule has 1 amide bonds. The van der Waals surface area contributed by atoms with E-state index in [0.29, 0.717) is 18.8 Å². The zero-order chi connectivity index (χ0) is 21.0. The first-order valence-corrected chi connectivity index (χ1v) is 11.2. The van der Waals surface area contributed by atoms with Crippen LogP contribution in [0.25, 0.3) is 0 Å². The van der Waals surface area contributed by atoms with Crippen molar-refractivity contribution in [2.75, 3.05) is 23.7 Å². The van der Waals surface area contributed by atoms with E-state index >= 15 is 0 Å². The monoisotopic (exact) mass is 439 g/mol. The van der Waals surface area contributed by atoms with Gasteiger partial charge in [-0.25, -0.2) is 12.8 Å². The molecule has 1 aliphatic heterocycles. The number of anilines is 2. The van der Waals surface area contributed by atoms with E-state index < -0.39 is 22.0 Å². The summed E-state index contributed by atoms with van der Waals surface area (Å²) < 4.78 is 40.2. The Bertz CT molecular complexity index is 977. The normalized spacial score (nSPS) is 16.2. The van der Waals surface area contributed by atoms with Gasteiger partial charge in [0.1, 0.15) is 11.9 Å². The molecule has 1 aliphatic rings. The molecule has 156 valence electrons. The number of amides is 1. The molecule has 0 saturated carbocycles. The molecule has 0 radical (unpaired) electrons. The summed E-state index contributed by atoms with van der Waals surface area (Å²) in [4.78, 5) is 12.6. The Balaban J connectivity index is 1.73. The van der Waals surface area contributed by atoms with Gasteiger partial charge in [0.05, 0.1) is 15.6 Å². The Labute approximate surface area is 175 Å². The number of rotatable bonds is 6. The van der Waals surface area contributed by atoms with Crippen LogP contribution >= 0.6 is 11.6 Å². The van der Waals surface area contributed by atoms with Crippen molar-refractivity contribution in [3.05, 3.63) is 53.3 Å². The van der Waals surface area contributed by atoms with Crippen LogP contribution < -0.4 is 10.6 Å². The second-order valence-corrected chi connectivity index (χ2v) is 9.31. The lowest BCUT2D eigenvalue weighted by Gasteiger charge is -2.26. The van der Waals surface area contributed by atoms with Gasteiger partial charge in [-0.2, -0.15) is 4.31 Å². The average molecular weight is 440 g/mol. The Morgan fingerprint density at radius 3 is 2.41 bits per heavy atom. The van der Waals surface area contributed by atoms with Gasteiger partial charge in [-0.1, -0.05) is 18.0 Å². The predicted octanol–water partition coefficient (Wildman–Crippen LogP) is 4.09. The maximum atomic E-state index is 13.0. The molecule has 1 fully saturated rings. The van der Waals surface area contributed by atoms with Crippen LogP contribution in [-0.4, -0.2) is 37.8 Å². The summed E-state index contributed by atoms with van der Waals surface area (Å²) in [7, 11) is -3.64. The maximum Gasteiger partial charge on any atom is 0.246 e. The molecule has 9 heteroatoms. The number of piperidine rings is 1. The Morgan fingerprint density at radius 1 is 1.10 bits per heavy atom. The highest BCUT2D eigenvalue weighted by atomic mass is 35.5. The van der Waals surface area contributed by atoms with Crippen molar-refractivity contribution in [3.63, 3.8) is 0 Å². The van der Waals surface area contributed by atoms with E-state index in [-0.39, 0.29) is 21.4 Å². The fourth-order valence-corrected chi connectivity index (χ4v) is 4.83. The number of sulfonamides is 1. The van der Waals surface area contributed by atoms with Crippen molar-refractivity contribution in [3.8, 4) is 0 Å². The Kier molecular flexibility index (Phi) is 6.77. The highest BCUT2D eigenvalue weighted by Crippen LogP contribution is 2.28. The van der Waals surface area contributed by atoms with E-state index in [4.69, 9.17) is 11.6 Å². The van der Waals surface area contributed by atoms with Gasteiger partial charge in [-0.15, -0.1) is 0 Å². The van der Waals surface area contributed by atoms with Gasteiger partial charge >= 0.3 is 0 Å². The van der Waals surface area contributed by atoms with E-state index in [2.05, 4.69) is 10.6 Å². The molecule has 0 unspecified atom stereocenters. The molecule has 0 bridgehead atoms. The van der Waals surface area contributed by atoms with Crippen LogP contribution in [0.4, 0.5) is 15.8 Å². The molecule has 2 aromatic carbocycles. The predicted molar refractivity (Wildman–Crippen MR) is 112 cm³/mol. The topological polar surface area (TPSA) is 78.5 Å². The number of benzene rings is 2. The summed E-state index contributed by atoms with van der Waals surface area (Å²) in [5.74, 6) is -0.769. The SMILES string of the molecule is C[C@H](Nc1ccc(F)cc1)C(=O)Nc1cc(S(=O)(=O)N2CCCCC2)ccc1Cl. The third-order valence-corrected chi connectivity index (χ3v) is 6.99. The summed E-state index contributed by atoms with van der Waals surface area (Å²) in [6.07, 6.45) is 2.69. The summed E-state index contributed by atoms with van der Waals surface area (Å²) >= 11 is 6.17. The minimum absolute atomic E-state index is 0.0956. The first kappa shape index (κ1) is 21.5. The lowest BCUT2D eigenvalue weighted by molar-refractivity contribution is -0.116. The van der Waals surface area contributed by atoms with E-state index in [0.717, 1.165) is 19.3 Å². The number of nitrogens with one attached hydrogen (secondary N) is 2. The van der Waals surface area contributed by atoms with E-state index in [9.17, 15) is 17.6 Å².